The minimum atomic E-state index is -0.554. The fourth-order valence-electron chi connectivity index (χ4n) is 1.14. The van der Waals surface area contributed by atoms with Crippen molar-refractivity contribution >= 4 is 0 Å². The predicted molar refractivity (Wildman–Crippen MR) is 49.5 cm³/mol. The third kappa shape index (κ3) is 2.19. The first-order valence-electron chi connectivity index (χ1n) is 4.45. The van der Waals surface area contributed by atoms with Gasteiger partial charge in [0.2, 0.25) is 0 Å². The van der Waals surface area contributed by atoms with Crippen LogP contribution in [0.3, 0.4) is 0 Å². The normalized spacial score (nSPS) is 21.0. The average molecular weight is 158 g/mol. The van der Waals surface area contributed by atoms with Gasteiger partial charge in [0, 0.05) is 0 Å². The van der Waals surface area contributed by atoms with Crippen molar-refractivity contribution in [2.24, 2.45) is 11.3 Å². The van der Waals surface area contributed by atoms with E-state index in [9.17, 15) is 5.11 Å². The molecule has 0 heterocycles. The van der Waals surface area contributed by atoms with Gasteiger partial charge >= 0.3 is 0 Å². The molecule has 0 aromatic rings. The van der Waals surface area contributed by atoms with E-state index in [0.717, 1.165) is 6.42 Å². The Kier molecular flexibility index (Phi) is 3.13. The number of hydrogen-bond acceptors (Lipinski definition) is 1. The quantitative estimate of drug-likeness (QED) is 0.655. The largest absolute Gasteiger partial charge is 0.389 e. The zero-order valence-electron chi connectivity index (χ0n) is 8.73. The van der Waals surface area contributed by atoms with E-state index in [1.54, 1.807) is 0 Å². The summed E-state index contributed by atoms with van der Waals surface area (Å²) in [7, 11) is 0. The van der Waals surface area contributed by atoms with Crippen molar-refractivity contribution in [2.75, 3.05) is 0 Å². The Morgan fingerprint density at radius 3 is 1.64 bits per heavy atom. The van der Waals surface area contributed by atoms with E-state index in [1.807, 2.05) is 6.92 Å². The summed E-state index contributed by atoms with van der Waals surface area (Å²) in [6.45, 7) is 12.4. The zero-order chi connectivity index (χ0) is 9.28. The van der Waals surface area contributed by atoms with Crippen LogP contribution < -0.4 is 0 Å². The van der Waals surface area contributed by atoms with Gasteiger partial charge < -0.3 is 5.11 Å². The van der Waals surface area contributed by atoms with Gasteiger partial charge in [-0.05, 0) is 18.3 Å². The lowest BCUT2D eigenvalue weighted by atomic mass is 9.70. The van der Waals surface area contributed by atoms with E-state index in [2.05, 4.69) is 34.6 Å². The molecule has 0 fully saturated rings. The van der Waals surface area contributed by atoms with E-state index >= 15 is 0 Å². The molecule has 1 heteroatoms. The van der Waals surface area contributed by atoms with Gasteiger partial charge in [-0.15, -0.1) is 0 Å². The Labute approximate surface area is 70.8 Å². The Hall–Kier alpha value is -0.0400. The summed E-state index contributed by atoms with van der Waals surface area (Å²) >= 11 is 0. The van der Waals surface area contributed by atoms with Gasteiger partial charge in [0.15, 0.2) is 0 Å². The molecule has 0 aromatic carbocycles. The molecule has 0 aliphatic heterocycles. The average Bonchev–Trinajstić information content (AvgIpc) is 1.83. The summed E-state index contributed by atoms with van der Waals surface area (Å²) in [5.74, 6) is 0.363. The molecule has 0 radical (unpaired) electrons. The van der Waals surface area contributed by atoms with Crippen LogP contribution in [-0.2, 0) is 0 Å². The van der Waals surface area contributed by atoms with E-state index in [-0.39, 0.29) is 5.41 Å². The molecule has 0 unspecified atom stereocenters. The molecular weight excluding hydrogens is 136 g/mol. The van der Waals surface area contributed by atoms with Crippen LogP contribution in [0.1, 0.15) is 48.0 Å². The molecule has 0 rings (SSSR count). The second kappa shape index (κ2) is 3.14. The minimum Gasteiger partial charge on any atom is -0.389 e. The molecule has 0 bridgehead atoms. The van der Waals surface area contributed by atoms with Crippen LogP contribution in [0.4, 0.5) is 0 Å². The molecule has 68 valence electrons. The summed E-state index contributed by atoms with van der Waals surface area (Å²) in [6, 6.07) is 0. The first-order chi connectivity index (χ1) is 4.73. The van der Waals surface area contributed by atoms with Crippen LogP contribution in [0.5, 0.6) is 0 Å². The Balaban J connectivity index is 4.45. The van der Waals surface area contributed by atoms with Gasteiger partial charge in [0.1, 0.15) is 0 Å². The van der Waals surface area contributed by atoms with Crippen molar-refractivity contribution in [3.05, 3.63) is 0 Å². The minimum absolute atomic E-state index is 0.0254. The number of hydrogen-bond donors (Lipinski definition) is 1. The van der Waals surface area contributed by atoms with Gasteiger partial charge in [0.05, 0.1) is 5.60 Å². The lowest BCUT2D eigenvalue weighted by molar-refractivity contribution is -0.0846. The summed E-state index contributed by atoms with van der Waals surface area (Å²) in [5.41, 5.74) is -0.579. The highest BCUT2D eigenvalue weighted by atomic mass is 16.3. The van der Waals surface area contributed by atoms with Crippen molar-refractivity contribution in [1.82, 2.24) is 0 Å². The molecule has 0 saturated carbocycles. The van der Waals surface area contributed by atoms with Crippen LogP contribution in [0.2, 0.25) is 0 Å². The maximum atomic E-state index is 10.1. The first kappa shape index (κ1) is 11.0. The Morgan fingerprint density at radius 1 is 1.18 bits per heavy atom. The van der Waals surface area contributed by atoms with Gasteiger partial charge in [-0.1, -0.05) is 41.0 Å². The number of aliphatic hydroxyl groups is 1. The maximum absolute atomic E-state index is 10.1. The van der Waals surface area contributed by atoms with Crippen molar-refractivity contribution in [2.45, 2.75) is 53.6 Å². The molecule has 0 spiro atoms. The standard InChI is InChI=1S/C10H22O/c1-7-8(2)10(6,11)9(3,4)5/h8,11H,7H2,1-6H3/t8-,10+/m0/s1. The summed E-state index contributed by atoms with van der Waals surface area (Å²) < 4.78 is 0. The van der Waals surface area contributed by atoms with Crippen LogP contribution >= 0.6 is 0 Å². The topological polar surface area (TPSA) is 20.2 Å². The lowest BCUT2D eigenvalue weighted by Crippen LogP contribution is -2.45. The second-order valence-corrected chi connectivity index (χ2v) is 4.71. The molecule has 1 nitrogen and oxygen atoms in total. The molecule has 0 aliphatic carbocycles. The second-order valence-electron chi connectivity index (χ2n) is 4.71. The van der Waals surface area contributed by atoms with Crippen LogP contribution in [0.15, 0.2) is 0 Å². The number of rotatable bonds is 2. The molecular formula is C10H22O. The Morgan fingerprint density at radius 2 is 1.55 bits per heavy atom. The van der Waals surface area contributed by atoms with Gasteiger partial charge in [0.25, 0.3) is 0 Å². The monoisotopic (exact) mass is 158 g/mol. The highest BCUT2D eigenvalue weighted by Gasteiger charge is 2.38. The molecule has 0 aliphatic rings. The SMILES string of the molecule is CC[C@H](C)[C@@](C)(O)C(C)(C)C. The summed E-state index contributed by atoms with van der Waals surface area (Å²) in [5, 5.41) is 10.1. The van der Waals surface area contributed by atoms with Crippen molar-refractivity contribution in [1.29, 1.82) is 0 Å². The van der Waals surface area contributed by atoms with Crippen molar-refractivity contribution in [3.63, 3.8) is 0 Å². The van der Waals surface area contributed by atoms with Crippen molar-refractivity contribution in [3.8, 4) is 0 Å². The Bertz CT molecular complexity index is 119. The highest BCUT2D eigenvalue weighted by Crippen LogP contribution is 2.37. The molecule has 0 amide bonds. The van der Waals surface area contributed by atoms with Crippen LogP contribution in [0.25, 0.3) is 0 Å². The molecule has 1 N–H and O–H groups in total. The maximum Gasteiger partial charge on any atom is 0.0693 e. The third-order valence-corrected chi connectivity index (χ3v) is 3.09. The fraction of sp³-hybridized carbons (Fsp3) is 1.00. The van der Waals surface area contributed by atoms with Gasteiger partial charge in [-0.3, -0.25) is 0 Å². The third-order valence-electron chi connectivity index (χ3n) is 3.09. The van der Waals surface area contributed by atoms with Crippen LogP contribution in [0, 0.1) is 11.3 Å². The fourth-order valence-corrected chi connectivity index (χ4v) is 1.14. The molecule has 2 atom stereocenters. The van der Waals surface area contributed by atoms with Crippen molar-refractivity contribution < 1.29 is 5.11 Å². The predicted octanol–water partition coefficient (Wildman–Crippen LogP) is 2.83. The first-order valence-corrected chi connectivity index (χ1v) is 4.45. The summed E-state index contributed by atoms with van der Waals surface area (Å²) in [6.07, 6.45) is 1.03. The van der Waals surface area contributed by atoms with Gasteiger partial charge in [-0.2, -0.15) is 0 Å². The smallest absolute Gasteiger partial charge is 0.0693 e. The highest BCUT2D eigenvalue weighted by molar-refractivity contribution is 4.89. The molecule has 11 heavy (non-hydrogen) atoms. The summed E-state index contributed by atoms with van der Waals surface area (Å²) in [4.78, 5) is 0. The van der Waals surface area contributed by atoms with E-state index < -0.39 is 5.60 Å². The van der Waals surface area contributed by atoms with Gasteiger partial charge in [-0.25, -0.2) is 0 Å². The van der Waals surface area contributed by atoms with E-state index in [1.165, 1.54) is 0 Å². The van der Waals surface area contributed by atoms with Crippen LogP contribution in [-0.4, -0.2) is 10.7 Å². The van der Waals surface area contributed by atoms with E-state index in [0.29, 0.717) is 5.92 Å². The lowest BCUT2D eigenvalue weighted by Gasteiger charge is -2.41. The zero-order valence-corrected chi connectivity index (χ0v) is 8.73. The molecule has 0 aromatic heterocycles. The molecule has 0 saturated heterocycles. The van der Waals surface area contributed by atoms with E-state index in [4.69, 9.17) is 0 Å².